The molecule has 0 saturated heterocycles. The highest BCUT2D eigenvalue weighted by atomic mass is 15.1. The lowest BCUT2D eigenvalue weighted by molar-refractivity contribution is 0.896. The first kappa shape index (κ1) is 14.6. The van der Waals surface area contributed by atoms with Crippen molar-refractivity contribution in [1.82, 2.24) is 9.38 Å². The first-order valence-corrected chi connectivity index (χ1v) is 7.91. The minimum Gasteiger partial charge on any atom is -0.339 e. The Bertz CT molecular complexity index is 795. The van der Waals surface area contributed by atoms with Crippen LogP contribution in [-0.2, 0) is 6.42 Å². The summed E-state index contributed by atoms with van der Waals surface area (Å²) in [6.07, 6.45) is 4.17. The molecule has 0 unspecified atom stereocenters. The fraction of sp³-hybridized carbons (Fsp3) is 0.316. The Morgan fingerprint density at radius 1 is 1.09 bits per heavy atom. The molecule has 0 atom stereocenters. The second-order valence-electron chi connectivity index (χ2n) is 5.98. The number of rotatable bonds is 4. The van der Waals surface area contributed by atoms with Gasteiger partial charge in [0.2, 0.25) is 0 Å². The molecule has 0 saturated carbocycles. The fourth-order valence-corrected chi connectivity index (χ4v) is 2.87. The highest BCUT2D eigenvalue weighted by Gasteiger charge is 2.13. The maximum Gasteiger partial charge on any atom is 0.138 e. The molecule has 2 aromatic heterocycles. The summed E-state index contributed by atoms with van der Waals surface area (Å²) in [6.45, 7) is 8.58. The van der Waals surface area contributed by atoms with Gasteiger partial charge in [-0.2, -0.15) is 0 Å². The fourth-order valence-electron chi connectivity index (χ4n) is 2.87. The van der Waals surface area contributed by atoms with E-state index in [-0.39, 0.29) is 0 Å². The lowest BCUT2D eigenvalue weighted by Crippen LogP contribution is -2.02. The number of fused-ring (bicyclic) bond motifs is 1. The van der Waals surface area contributed by atoms with Crippen molar-refractivity contribution in [1.29, 1.82) is 0 Å². The van der Waals surface area contributed by atoms with E-state index in [0.29, 0.717) is 0 Å². The molecule has 3 rings (SSSR count). The summed E-state index contributed by atoms with van der Waals surface area (Å²) < 4.78 is 2.16. The van der Waals surface area contributed by atoms with E-state index in [0.717, 1.165) is 30.0 Å². The average Bonchev–Trinajstić information content (AvgIpc) is 2.80. The van der Waals surface area contributed by atoms with Gasteiger partial charge in [-0.3, -0.25) is 4.40 Å². The van der Waals surface area contributed by atoms with Crippen molar-refractivity contribution in [3.05, 3.63) is 58.9 Å². The first-order chi connectivity index (χ1) is 10.6. The standard InChI is InChI=1S/C19H23N3/c1-5-7-16-19(21-18-14(3)8-6-9-15(18)4)22-11-10-13(2)12-17(22)20-16/h6,8-12,21H,5,7H2,1-4H3. The Balaban J connectivity index is 2.14. The molecule has 3 heteroatoms. The molecule has 3 aromatic rings. The Morgan fingerprint density at radius 3 is 2.50 bits per heavy atom. The van der Waals surface area contributed by atoms with Gasteiger partial charge in [0, 0.05) is 11.9 Å². The molecule has 114 valence electrons. The Hall–Kier alpha value is -2.29. The van der Waals surface area contributed by atoms with Crippen molar-refractivity contribution in [2.45, 2.75) is 40.5 Å². The van der Waals surface area contributed by atoms with Gasteiger partial charge in [-0.1, -0.05) is 31.5 Å². The van der Waals surface area contributed by atoms with Gasteiger partial charge in [0.15, 0.2) is 0 Å². The number of aryl methyl sites for hydroxylation is 4. The van der Waals surface area contributed by atoms with Crippen LogP contribution in [0.15, 0.2) is 36.5 Å². The molecule has 1 N–H and O–H groups in total. The lowest BCUT2D eigenvalue weighted by atomic mass is 10.1. The predicted molar refractivity (Wildman–Crippen MR) is 93.1 cm³/mol. The molecule has 0 radical (unpaired) electrons. The molecule has 22 heavy (non-hydrogen) atoms. The van der Waals surface area contributed by atoms with Gasteiger partial charge in [0.1, 0.15) is 11.5 Å². The van der Waals surface area contributed by atoms with Crippen LogP contribution in [0.5, 0.6) is 0 Å². The maximum absolute atomic E-state index is 4.82. The van der Waals surface area contributed by atoms with Gasteiger partial charge in [-0.05, 0) is 56.0 Å². The number of aromatic nitrogens is 2. The van der Waals surface area contributed by atoms with Crippen LogP contribution in [0.3, 0.4) is 0 Å². The van der Waals surface area contributed by atoms with Crippen molar-refractivity contribution in [3.63, 3.8) is 0 Å². The third-order valence-electron chi connectivity index (χ3n) is 4.07. The smallest absolute Gasteiger partial charge is 0.138 e. The summed E-state index contributed by atoms with van der Waals surface area (Å²) in [5, 5.41) is 3.64. The summed E-state index contributed by atoms with van der Waals surface area (Å²) in [5.41, 5.74) is 7.07. The van der Waals surface area contributed by atoms with E-state index in [4.69, 9.17) is 4.98 Å². The summed E-state index contributed by atoms with van der Waals surface area (Å²) in [5.74, 6) is 1.09. The summed E-state index contributed by atoms with van der Waals surface area (Å²) in [6, 6.07) is 10.6. The molecule has 0 bridgehead atoms. The number of pyridine rings is 1. The topological polar surface area (TPSA) is 29.3 Å². The van der Waals surface area contributed by atoms with Crippen LogP contribution in [0.25, 0.3) is 5.65 Å². The number of imidazole rings is 1. The van der Waals surface area contributed by atoms with Gasteiger partial charge in [-0.15, -0.1) is 0 Å². The Kier molecular flexibility index (Phi) is 3.88. The minimum absolute atomic E-state index is 0.980. The van der Waals surface area contributed by atoms with Crippen molar-refractivity contribution >= 4 is 17.2 Å². The monoisotopic (exact) mass is 293 g/mol. The van der Waals surface area contributed by atoms with Crippen molar-refractivity contribution in [2.75, 3.05) is 5.32 Å². The van der Waals surface area contributed by atoms with Gasteiger partial charge >= 0.3 is 0 Å². The number of para-hydroxylation sites is 1. The second-order valence-corrected chi connectivity index (χ2v) is 5.98. The molecule has 0 fully saturated rings. The van der Waals surface area contributed by atoms with E-state index in [1.165, 1.54) is 22.4 Å². The van der Waals surface area contributed by atoms with E-state index in [2.05, 4.69) is 73.9 Å². The molecule has 0 spiro atoms. The number of hydrogen-bond donors (Lipinski definition) is 1. The van der Waals surface area contributed by atoms with Crippen molar-refractivity contribution in [2.24, 2.45) is 0 Å². The number of hydrogen-bond acceptors (Lipinski definition) is 2. The molecule has 0 aliphatic carbocycles. The van der Waals surface area contributed by atoms with Crippen LogP contribution < -0.4 is 5.32 Å². The zero-order valence-electron chi connectivity index (χ0n) is 13.8. The summed E-state index contributed by atoms with van der Waals surface area (Å²) in [4.78, 5) is 4.82. The van der Waals surface area contributed by atoms with Gasteiger partial charge in [-0.25, -0.2) is 4.98 Å². The van der Waals surface area contributed by atoms with Crippen LogP contribution in [0.2, 0.25) is 0 Å². The van der Waals surface area contributed by atoms with E-state index < -0.39 is 0 Å². The molecule has 0 aliphatic rings. The highest BCUT2D eigenvalue weighted by molar-refractivity contribution is 5.69. The zero-order chi connectivity index (χ0) is 15.7. The summed E-state index contributed by atoms with van der Waals surface area (Å²) in [7, 11) is 0. The van der Waals surface area contributed by atoms with E-state index in [1.54, 1.807) is 0 Å². The number of nitrogens with one attached hydrogen (secondary N) is 1. The number of benzene rings is 1. The third kappa shape index (κ3) is 2.59. The second kappa shape index (κ2) is 5.84. The normalized spacial score (nSPS) is 11.1. The van der Waals surface area contributed by atoms with Crippen LogP contribution in [-0.4, -0.2) is 9.38 Å². The molecule has 0 aliphatic heterocycles. The van der Waals surface area contributed by atoms with Crippen LogP contribution in [0.1, 0.15) is 35.7 Å². The molecule has 0 amide bonds. The largest absolute Gasteiger partial charge is 0.339 e. The molecular formula is C19H23N3. The third-order valence-corrected chi connectivity index (χ3v) is 4.07. The van der Waals surface area contributed by atoms with Crippen molar-refractivity contribution < 1.29 is 0 Å². The van der Waals surface area contributed by atoms with E-state index in [9.17, 15) is 0 Å². The molecular weight excluding hydrogens is 270 g/mol. The van der Waals surface area contributed by atoms with E-state index >= 15 is 0 Å². The maximum atomic E-state index is 4.82. The van der Waals surface area contributed by atoms with Gasteiger partial charge in [0.05, 0.1) is 5.69 Å². The van der Waals surface area contributed by atoms with Crippen LogP contribution in [0, 0.1) is 20.8 Å². The number of nitrogens with zero attached hydrogens (tertiary/aromatic N) is 2. The zero-order valence-corrected chi connectivity index (χ0v) is 13.8. The quantitative estimate of drug-likeness (QED) is 0.737. The predicted octanol–water partition coefficient (Wildman–Crippen LogP) is 4.96. The first-order valence-electron chi connectivity index (χ1n) is 7.91. The van der Waals surface area contributed by atoms with E-state index in [1.807, 2.05) is 0 Å². The van der Waals surface area contributed by atoms with Gasteiger partial charge < -0.3 is 5.32 Å². The lowest BCUT2D eigenvalue weighted by Gasteiger charge is -2.13. The minimum atomic E-state index is 0.980. The number of anilines is 2. The summed E-state index contributed by atoms with van der Waals surface area (Å²) >= 11 is 0. The molecule has 3 nitrogen and oxygen atoms in total. The van der Waals surface area contributed by atoms with Gasteiger partial charge in [0.25, 0.3) is 0 Å². The Labute approximate surface area is 132 Å². The molecule has 1 aromatic carbocycles. The Morgan fingerprint density at radius 2 is 1.82 bits per heavy atom. The van der Waals surface area contributed by atoms with Crippen molar-refractivity contribution in [3.8, 4) is 0 Å². The van der Waals surface area contributed by atoms with Crippen LogP contribution in [0.4, 0.5) is 11.5 Å². The molecule has 2 heterocycles. The average molecular weight is 293 g/mol. The van der Waals surface area contributed by atoms with Crippen LogP contribution >= 0.6 is 0 Å². The highest BCUT2D eigenvalue weighted by Crippen LogP contribution is 2.28. The SMILES string of the molecule is CCCc1nc2cc(C)ccn2c1Nc1c(C)cccc1C.